The molecule has 174 valence electrons. The zero-order valence-corrected chi connectivity index (χ0v) is 20.0. The van der Waals surface area contributed by atoms with Gasteiger partial charge in [0.05, 0.1) is 27.9 Å². The number of hydrogen-bond acceptors (Lipinski definition) is 7. The number of Topliss-reactive ketones (excluding diaryl/α,β-unsaturated/α-hetero) is 1. The molecule has 1 aliphatic carbocycles. The van der Waals surface area contributed by atoms with Crippen LogP contribution in [-0.2, 0) is 14.3 Å². The van der Waals surface area contributed by atoms with E-state index in [4.69, 9.17) is 23.9 Å². The number of carbonyl (C=O) groups excluding carboxylic acids is 2. The summed E-state index contributed by atoms with van der Waals surface area (Å²) >= 11 is 0. The van der Waals surface area contributed by atoms with Crippen LogP contribution in [0.15, 0.2) is 28.4 Å². The number of hydrogen-bond donors (Lipinski definition) is 0. The van der Waals surface area contributed by atoms with Crippen LogP contribution < -0.4 is 14.2 Å². The standard InChI is InChI=1S/C25H33NO6/c1-8-9-32-24(28)20-14(2)26-16-12-25(3,4)13-17(27)22(16)21(20)15-10-18(29-5)23(31-7)19(11-15)30-6/h10-11,20-21H,8-9,12-13H2,1-7H3/t20?,21-/m1/s1. The van der Waals surface area contributed by atoms with E-state index in [1.807, 2.05) is 26.0 Å². The third kappa shape index (κ3) is 4.38. The molecule has 0 bridgehead atoms. The fraction of sp³-hybridized carbons (Fsp3) is 0.560. The van der Waals surface area contributed by atoms with Crippen molar-refractivity contribution < 1.29 is 28.5 Å². The van der Waals surface area contributed by atoms with E-state index in [0.717, 1.165) is 11.3 Å². The molecule has 3 rings (SSSR count). The second-order valence-corrected chi connectivity index (χ2v) is 9.14. The first-order valence-electron chi connectivity index (χ1n) is 10.9. The minimum absolute atomic E-state index is 0.0135. The van der Waals surface area contributed by atoms with Crippen molar-refractivity contribution in [3.05, 3.63) is 29.0 Å². The van der Waals surface area contributed by atoms with Gasteiger partial charge in [0.1, 0.15) is 5.92 Å². The van der Waals surface area contributed by atoms with Gasteiger partial charge in [-0.25, -0.2) is 0 Å². The molecule has 7 nitrogen and oxygen atoms in total. The van der Waals surface area contributed by atoms with Crippen LogP contribution in [0.1, 0.15) is 58.4 Å². The highest BCUT2D eigenvalue weighted by atomic mass is 16.5. The number of allylic oxidation sites excluding steroid dienone is 2. The largest absolute Gasteiger partial charge is 0.493 e. The van der Waals surface area contributed by atoms with Crippen LogP contribution in [-0.4, -0.2) is 45.4 Å². The van der Waals surface area contributed by atoms with E-state index in [9.17, 15) is 9.59 Å². The molecule has 1 heterocycles. The Labute approximate surface area is 189 Å². The molecule has 1 aromatic rings. The Bertz CT molecular complexity index is 950. The van der Waals surface area contributed by atoms with E-state index in [-0.39, 0.29) is 17.2 Å². The first-order valence-corrected chi connectivity index (χ1v) is 10.9. The number of carbonyl (C=O) groups is 2. The fourth-order valence-corrected chi connectivity index (χ4v) is 4.68. The molecular formula is C25H33NO6. The van der Waals surface area contributed by atoms with Gasteiger partial charge in [0.2, 0.25) is 5.75 Å². The number of ketones is 1. The summed E-state index contributed by atoms with van der Waals surface area (Å²) in [6.07, 6.45) is 1.78. The molecule has 0 saturated carbocycles. The second kappa shape index (κ2) is 9.35. The molecule has 0 N–H and O–H groups in total. The zero-order chi connectivity index (χ0) is 23.6. The summed E-state index contributed by atoms with van der Waals surface area (Å²) in [5.74, 6) is -0.217. The van der Waals surface area contributed by atoms with Gasteiger partial charge in [-0.1, -0.05) is 20.8 Å². The summed E-state index contributed by atoms with van der Waals surface area (Å²) in [7, 11) is 4.62. The maximum atomic E-state index is 13.4. The molecule has 2 aliphatic rings. The summed E-state index contributed by atoms with van der Waals surface area (Å²) in [6.45, 7) is 8.22. The Balaban J connectivity index is 2.23. The van der Waals surface area contributed by atoms with Crippen molar-refractivity contribution in [3.63, 3.8) is 0 Å². The molecule has 0 radical (unpaired) electrons. The van der Waals surface area contributed by atoms with Crippen LogP contribution in [0.3, 0.4) is 0 Å². The monoisotopic (exact) mass is 443 g/mol. The maximum Gasteiger partial charge on any atom is 0.315 e. The third-order valence-corrected chi connectivity index (χ3v) is 6.05. The van der Waals surface area contributed by atoms with Gasteiger partial charge in [0, 0.05) is 29.3 Å². The Morgan fingerprint density at radius 3 is 2.25 bits per heavy atom. The molecule has 7 heteroatoms. The first kappa shape index (κ1) is 23.8. The zero-order valence-electron chi connectivity index (χ0n) is 20.0. The summed E-state index contributed by atoms with van der Waals surface area (Å²) in [5.41, 5.74) is 2.53. The Morgan fingerprint density at radius 1 is 1.09 bits per heavy atom. The molecule has 0 spiro atoms. The molecule has 0 fully saturated rings. The summed E-state index contributed by atoms with van der Waals surface area (Å²) in [6, 6.07) is 3.62. The number of ether oxygens (including phenoxy) is 4. The van der Waals surface area contributed by atoms with Gasteiger partial charge in [-0.3, -0.25) is 14.6 Å². The van der Waals surface area contributed by atoms with E-state index in [2.05, 4.69) is 13.8 Å². The van der Waals surface area contributed by atoms with Gasteiger partial charge >= 0.3 is 5.97 Å². The van der Waals surface area contributed by atoms with E-state index in [0.29, 0.717) is 54.4 Å². The predicted molar refractivity (Wildman–Crippen MR) is 122 cm³/mol. The van der Waals surface area contributed by atoms with Crippen LogP contribution in [0, 0.1) is 11.3 Å². The Morgan fingerprint density at radius 2 is 1.72 bits per heavy atom. The first-order chi connectivity index (χ1) is 15.2. The topological polar surface area (TPSA) is 83.4 Å². The maximum absolute atomic E-state index is 13.4. The van der Waals surface area contributed by atoms with Crippen molar-refractivity contribution in [2.24, 2.45) is 16.3 Å². The molecule has 1 unspecified atom stereocenters. The van der Waals surface area contributed by atoms with E-state index >= 15 is 0 Å². The lowest BCUT2D eigenvalue weighted by Crippen LogP contribution is -2.39. The molecule has 0 saturated heterocycles. The van der Waals surface area contributed by atoms with E-state index in [1.165, 1.54) is 7.11 Å². The lowest BCUT2D eigenvalue weighted by molar-refractivity contribution is -0.146. The minimum Gasteiger partial charge on any atom is -0.493 e. The number of esters is 1. The van der Waals surface area contributed by atoms with Crippen molar-refractivity contribution in [1.29, 1.82) is 0 Å². The highest BCUT2D eigenvalue weighted by Gasteiger charge is 2.46. The minimum atomic E-state index is -0.701. The molecular weight excluding hydrogens is 410 g/mol. The fourth-order valence-electron chi connectivity index (χ4n) is 4.68. The number of aliphatic imine (C=N–C) groups is 1. The van der Waals surface area contributed by atoms with Gasteiger partial charge in [-0.15, -0.1) is 0 Å². The Hall–Kier alpha value is -2.83. The van der Waals surface area contributed by atoms with Crippen molar-refractivity contribution in [1.82, 2.24) is 0 Å². The highest BCUT2D eigenvalue weighted by Crippen LogP contribution is 2.50. The van der Waals surface area contributed by atoms with E-state index < -0.39 is 11.8 Å². The van der Waals surface area contributed by atoms with Crippen LogP contribution in [0.4, 0.5) is 0 Å². The molecule has 0 amide bonds. The average Bonchev–Trinajstić information content (AvgIpc) is 2.74. The average molecular weight is 444 g/mol. The van der Waals surface area contributed by atoms with Crippen molar-refractivity contribution in [2.75, 3.05) is 27.9 Å². The van der Waals surface area contributed by atoms with Crippen LogP contribution >= 0.6 is 0 Å². The SMILES string of the molecule is CCCOC(=O)C1C(C)=NC2=C(C(=O)CC(C)(C)C2)[C@@H]1c1cc(OC)c(OC)c(OC)c1. The quantitative estimate of drug-likeness (QED) is 0.578. The van der Waals surface area contributed by atoms with Gasteiger partial charge in [0.25, 0.3) is 0 Å². The molecule has 1 aromatic carbocycles. The third-order valence-electron chi connectivity index (χ3n) is 6.05. The van der Waals surface area contributed by atoms with Crippen LogP contribution in [0.5, 0.6) is 17.2 Å². The summed E-state index contributed by atoms with van der Waals surface area (Å²) in [5, 5.41) is 0. The summed E-state index contributed by atoms with van der Waals surface area (Å²) in [4.78, 5) is 31.3. The highest BCUT2D eigenvalue weighted by molar-refractivity contribution is 6.09. The molecule has 1 aliphatic heterocycles. The lowest BCUT2D eigenvalue weighted by Gasteiger charge is -2.39. The molecule has 2 atom stereocenters. The number of benzene rings is 1. The van der Waals surface area contributed by atoms with Gasteiger partial charge in [0.15, 0.2) is 17.3 Å². The van der Waals surface area contributed by atoms with Crippen molar-refractivity contribution in [3.8, 4) is 17.2 Å². The predicted octanol–water partition coefficient (Wildman–Crippen LogP) is 4.48. The van der Waals surface area contributed by atoms with Crippen molar-refractivity contribution in [2.45, 2.75) is 52.9 Å². The Kier molecular flexibility index (Phi) is 6.96. The normalized spacial score (nSPS) is 22.1. The van der Waals surface area contributed by atoms with E-state index in [1.54, 1.807) is 14.2 Å². The van der Waals surface area contributed by atoms with Crippen LogP contribution in [0.25, 0.3) is 0 Å². The van der Waals surface area contributed by atoms with Gasteiger partial charge < -0.3 is 18.9 Å². The summed E-state index contributed by atoms with van der Waals surface area (Å²) < 4.78 is 22.1. The van der Waals surface area contributed by atoms with Gasteiger partial charge in [-0.05, 0) is 42.9 Å². The van der Waals surface area contributed by atoms with Crippen LogP contribution in [0.2, 0.25) is 0 Å². The van der Waals surface area contributed by atoms with Crippen molar-refractivity contribution >= 4 is 17.5 Å². The smallest absolute Gasteiger partial charge is 0.315 e. The lowest BCUT2D eigenvalue weighted by atomic mass is 9.67. The number of nitrogens with zero attached hydrogens (tertiary/aromatic N) is 1. The van der Waals surface area contributed by atoms with Gasteiger partial charge in [-0.2, -0.15) is 0 Å². The molecule has 0 aromatic heterocycles. The second-order valence-electron chi connectivity index (χ2n) is 9.14. The number of rotatable bonds is 7. The number of methoxy groups -OCH3 is 3. The molecule has 32 heavy (non-hydrogen) atoms.